The Kier molecular flexibility index (Phi) is 7.59. The van der Waals surface area contributed by atoms with E-state index in [-0.39, 0.29) is 24.9 Å². The van der Waals surface area contributed by atoms with E-state index in [0.29, 0.717) is 22.3 Å². The Morgan fingerprint density at radius 1 is 1.04 bits per heavy atom. The first-order chi connectivity index (χ1) is 12.7. The number of halogens is 3. The zero-order valence-electron chi connectivity index (χ0n) is 15.0. The lowest BCUT2D eigenvalue weighted by Gasteiger charge is -2.22. The predicted molar refractivity (Wildman–Crippen MR) is 105 cm³/mol. The van der Waals surface area contributed by atoms with Crippen LogP contribution in [0.25, 0.3) is 0 Å². The summed E-state index contributed by atoms with van der Waals surface area (Å²) in [6.45, 7) is 0.441. The SMILES string of the molecule is CN(CC(=O)Nc1cccc(F)c1)CC(=O)N(C)Cc1ccc(Cl)c(Cl)c1. The highest BCUT2D eigenvalue weighted by atomic mass is 35.5. The first-order valence-corrected chi connectivity index (χ1v) is 8.92. The van der Waals surface area contributed by atoms with Crippen LogP contribution in [0.15, 0.2) is 42.5 Å². The first-order valence-electron chi connectivity index (χ1n) is 8.16. The number of likely N-dealkylation sites (N-methyl/N-ethyl adjacent to an activating group) is 2. The molecule has 5 nitrogen and oxygen atoms in total. The number of hydrogen-bond acceptors (Lipinski definition) is 3. The van der Waals surface area contributed by atoms with Gasteiger partial charge in [0.25, 0.3) is 0 Å². The quantitative estimate of drug-likeness (QED) is 0.755. The molecular formula is C19H20Cl2FN3O2. The molecule has 2 aromatic rings. The second-order valence-electron chi connectivity index (χ2n) is 6.23. The summed E-state index contributed by atoms with van der Waals surface area (Å²) < 4.78 is 13.1. The van der Waals surface area contributed by atoms with E-state index in [1.807, 2.05) is 0 Å². The van der Waals surface area contributed by atoms with Crippen LogP contribution in [-0.4, -0.2) is 48.8 Å². The summed E-state index contributed by atoms with van der Waals surface area (Å²) in [5, 5.41) is 3.48. The molecular weight excluding hydrogens is 392 g/mol. The summed E-state index contributed by atoms with van der Waals surface area (Å²) in [5.41, 5.74) is 1.23. The molecule has 0 saturated heterocycles. The van der Waals surface area contributed by atoms with Gasteiger partial charge in [0.15, 0.2) is 0 Å². The number of carbonyl (C=O) groups excluding carboxylic acids is 2. The highest BCUT2D eigenvalue weighted by Crippen LogP contribution is 2.23. The Labute approximate surface area is 167 Å². The zero-order chi connectivity index (χ0) is 20.0. The topological polar surface area (TPSA) is 52.7 Å². The molecule has 0 bridgehead atoms. The van der Waals surface area contributed by atoms with E-state index >= 15 is 0 Å². The van der Waals surface area contributed by atoms with E-state index < -0.39 is 5.82 Å². The number of nitrogens with one attached hydrogen (secondary N) is 1. The average Bonchev–Trinajstić information content (AvgIpc) is 2.57. The number of amides is 2. The van der Waals surface area contributed by atoms with E-state index in [0.717, 1.165) is 5.56 Å². The minimum absolute atomic E-state index is 0.00284. The molecule has 2 aromatic carbocycles. The summed E-state index contributed by atoms with van der Waals surface area (Å²) in [5.74, 6) is -0.912. The molecule has 0 atom stereocenters. The van der Waals surface area contributed by atoms with Crippen molar-refractivity contribution in [2.45, 2.75) is 6.54 Å². The predicted octanol–water partition coefficient (Wildman–Crippen LogP) is 3.66. The third-order valence-corrected chi connectivity index (χ3v) is 4.50. The second kappa shape index (κ2) is 9.69. The zero-order valence-corrected chi connectivity index (χ0v) is 16.5. The highest BCUT2D eigenvalue weighted by molar-refractivity contribution is 6.42. The van der Waals surface area contributed by atoms with Gasteiger partial charge in [-0.2, -0.15) is 0 Å². The number of hydrogen-bond donors (Lipinski definition) is 1. The van der Waals surface area contributed by atoms with Crippen molar-refractivity contribution in [1.82, 2.24) is 9.80 Å². The molecule has 0 aliphatic rings. The smallest absolute Gasteiger partial charge is 0.238 e. The van der Waals surface area contributed by atoms with Crippen LogP contribution in [0.3, 0.4) is 0 Å². The van der Waals surface area contributed by atoms with E-state index in [4.69, 9.17) is 23.2 Å². The maximum atomic E-state index is 13.1. The summed E-state index contributed by atoms with van der Waals surface area (Å²) in [7, 11) is 3.33. The first kappa shape index (κ1) is 21.2. The Bertz CT molecular complexity index is 832. The lowest BCUT2D eigenvalue weighted by molar-refractivity contribution is -0.131. The Hall–Kier alpha value is -2.15. The third-order valence-electron chi connectivity index (χ3n) is 3.76. The fourth-order valence-corrected chi connectivity index (χ4v) is 2.74. The van der Waals surface area contributed by atoms with Crippen LogP contribution in [0.4, 0.5) is 10.1 Å². The molecule has 8 heteroatoms. The molecule has 2 rings (SSSR count). The van der Waals surface area contributed by atoms with Gasteiger partial charge in [0.2, 0.25) is 11.8 Å². The van der Waals surface area contributed by atoms with Crippen molar-refractivity contribution in [2.24, 2.45) is 0 Å². The molecule has 0 heterocycles. The van der Waals surface area contributed by atoms with Gasteiger partial charge in [0.05, 0.1) is 23.1 Å². The Balaban J connectivity index is 1.83. The Morgan fingerprint density at radius 2 is 1.78 bits per heavy atom. The Morgan fingerprint density at radius 3 is 2.44 bits per heavy atom. The molecule has 0 fully saturated rings. The molecule has 0 aliphatic carbocycles. The maximum absolute atomic E-state index is 13.1. The standard InChI is InChI=1S/C19H20Cl2FN3O2/c1-24(11-18(26)23-15-5-3-4-14(22)9-15)12-19(27)25(2)10-13-6-7-16(20)17(21)8-13/h3-9H,10-12H2,1-2H3,(H,23,26). The lowest BCUT2D eigenvalue weighted by Crippen LogP contribution is -2.39. The molecule has 2 amide bonds. The van der Waals surface area contributed by atoms with Crippen LogP contribution in [0.1, 0.15) is 5.56 Å². The van der Waals surface area contributed by atoms with Gasteiger partial charge in [-0.15, -0.1) is 0 Å². The normalized spacial score (nSPS) is 10.7. The second-order valence-corrected chi connectivity index (χ2v) is 7.04. The fraction of sp³-hybridized carbons (Fsp3) is 0.263. The van der Waals surface area contributed by atoms with Crippen molar-refractivity contribution >= 4 is 40.7 Å². The monoisotopic (exact) mass is 411 g/mol. The van der Waals surface area contributed by atoms with Gasteiger partial charge in [-0.1, -0.05) is 35.3 Å². The summed E-state index contributed by atoms with van der Waals surface area (Å²) in [6, 6.07) is 10.8. The number of rotatable bonds is 7. The van der Waals surface area contributed by atoms with E-state index in [1.165, 1.54) is 18.2 Å². The summed E-state index contributed by atoms with van der Waals surface area (Å²) in [4.78, 5) is 27.5. The average molecular weight is 412 g/mol. The molecule has 0 spiro atoms. The molecule has 0 aliphatic heterocycles. The molecule has 0 unspecified atom stereocenters. The molecule has 27 heavy (non-hydrogen) atoms. The number of carbonyl (C=O) groups is 2. The number of anilines is 1. The van der Waals surface area contributed by atoms with Gasteiger partial charge in [0.1, 0.15) is 5.82 Å². The van der Waals surface area contributed by atoms with E-state index in [2.05, 4.69) is 5.32 Å². The molecule has 0 aromatic heterocycles. The van der Waals surface area contributed by atoms with Crippen molar-refractivity contribution in [2.75, 3.05) is 32.5 Å². The summed E-state index contributed by atoms with van der Waals surface area (Å²) in [6.07, 6.45) is 0. The van der Waals surface area contributed by atoms with Crippen LogP contribution >= 0.6 is 23.2 Å². The van der Waals surface area contributed by atoms with Gasteiger partial charge < -0.3 is 10.2 Å². The fourth-order valence-electron chi connectivity index (χ4n) is 2.42. The summed E-state index contributed by atoms with van der Waals surface area (Å²) >= 11 is 11.9. The van der Waals surface area contributed by atoms with Gasteiger partial charge in [0, 0.05) is 19.3 Å². The number of nitrogens with zero attached hydrogens (tertiary/aromatic N) is 2. The van der Waals surface area contributed by atoms with Gasteiger partial charge in [-0.05, 0) is 42.9 Å². The highest BCUT2D eigenvalue weighted by Gasteiger charge is 2.15. The third kappa shape index (κ3) is 6.82. The van der Waals surface area contributed by atoms with Crippen LogP contribution < -0.4 is 5.32 Å². The van der Waals surface area contributed by atoms with Crippen LogP contribution in [0.5, 0.6) is 0 Å². The molecule has 1 N–H and O–H groups in total. The van der Waals surface area contributed by atoms with Gasteiger partial charge in [-0.25, -0.2) is 4.39 Å². The van der Waals surface area contributed by atoms with Crippen molar-refractivity contribution in [1.29, 1.82) is 0 Å². The lowest BCUT2D eigenvalue weighted by atomic mass is 10.2. The van der Waals surface area contributed by atoms with Gasteiger partial charge in [-0.3, -0.25) is 14.5 Å². The molecule has 0 radical (unpaired) electrons. The minimum atomic E-state index is -0.430. The van der Waals surface area contributed by atoms with E-state index in [1.54, 1.807) is 48.2 Å². The molecule has 0 saturated carbocycles. The van der Waals surface area contributed by atoms with Crippen LogP contribution in [0, 0.1) is 5.82 Å². The van der Waals surface area contributed by atoms with E-state index in [9.17, 15) is 14.0 Å². The largest absolute Gasteiger partial charge is 0.340 e. The number of benzene rings is 2. The minimum Gasteiger partial charge on any atom is -0.340 e. The van der Waals surface area contributed by atoms with Crippen molar-refractivity contribution in [3.63, 3.8) is 0 Å². The van der Waals surface area contributed by atoms with Crippen LogP contribution in [-0.2, 0) is 16.1 Å². The van der Waals surface area contributed by atoms with Crippen molar-refractivity contribution < 1.29 is 14.0 Å². The van der Waals surface area contributed by atoms with Crippen molar-refractivity contribution in [3.8, 4) is 0 Å². The van der Waals surface area contributed by atoms with Gasteiger partial charge >= 0.3 is 0 Å². The van der Waals surface area contributed by atoms with Crippen molar-refractivity contribution in [3.05, 3.63) is 63.9 Å². The molecule has 144 valence electrons. The maximum Gasteiger partial charge on any atom is 0.238 e. The van der Waals surface area contributed by atoms with Crippen LogP contribution in [0.2, 0.25) is 10.0 Å².